The van der Waals surface area contributed by atoms with Crippen LogP contribution in [0.2, 0.25) is 0 Å². The van der Waals surface area contributed by atoms with Gasteiger partial charge in [0.05, 0.1) is 24.3 Å². The van der Waals surface area contributed by atoms with Gasteiger partial charge in [0, 0.05) is 11.3 Å². The van der Waals surface area contributed by atoms with Crippen molar-refractivity contribution in [1.82, 2.24) is 4.98 Å². The topological polar surface area (TPSA) is 94.4 Å². The van der Waals surface area contributed by atoms with Crippen molar-refractivity contribution in [3.8, 4) is 16.9 Å². The Bertz CT molecular complexity index is 955. The van der Waals surface area contributed by atoms with Gasteiger partial charge in [-0.3, -0.25) is 14.9 Å². The van der Waals surface area contributed by atoms with Crippen LogP contribution in [-0.2, 0) is 0 Å². The standard InChI is InChI=1S/C19H15N3O4/c1-26-16-10-18(22(24)25)19(20-11-16)21-15-8-6-13(7-9-15)17-5-3-2-4-14(17)12-23/h2-12H,1H3,(H,20,21). The molecule has 1 aromatic heterocycles. The molecule has 0 spiro atoms. The van der Waals surface area contributed by atoms with Gasteiger partial charge in [-0.25, -0.2) is 4.98 Å². The number of benzene rings is 2. The molecule has 0 aliphatic rings. The predicted molar refractivity (Wildman–Crippen MR) is 98.0 cm³/mol. The van der Waals surface area contributed by atoms with Crippen LogP contribution in [0, 0.1) is 10.1 Å². The number of methoxy groups -OCH3 is 1. The number of hydrogen-bond donors (Lipinski definition) is 1. The molecule has 0 fully saturated rings. The van der Waals surface area contributed by atoms with Crippen LogP contribution in [0.15, 0.2) is 60.8 Å². The Kier molecular flexibility index (Phi) is 4.89. The number of rotatable bonds is 6. The van der Waals surface area contributed by atoms with E-state index in [2.05, 4.69) is 10.3 Å². The second-order valence-corrected chi connectivity index (χ2v) is 5.41. The summed E-state index contributed by atoms with van der Waals surface area (Å²) < 4.78 is 4.97. The summed E-state index contributed by atoms with van der Waals surface area (Å²) in [5.41, 5.74) is 2.75. The molecule has 0 aliphatic carbocycles. The van der Waals surface area contributed by atoms with E-state index in [1.807, 2.05) is 24.3 Å². The lowest BCUT2D eigenvalue weighted by Gasteiger charge is -2.09. The molecule has 1 heterocycles. The van der Waals surface area contributed by atoms with Gasteiger partial charge in [0.15, 0.2) is 6.29 Å². The van der Waals surface area contributed by atoms with Gasteiger partial charge in [0.2, 0.25) is 5.82 Å². The summed E-state index contributed by atoms with van der Waals surface area (Å²) >= 11 is 0. The number of pyridine rings is 1. The van der Waals surface area contributed by atoms with Crippen LogP contribution in [0.4, 0.5) is 17.2 Å². The molecule has 7 heteroatoms. The first-order valence-corrected chi connectivity index (χ1v) is 7.72. The quantitative estimate of drug-likeness (QED) is 0.407. The van der Waals surface area contributed by atoms with Crippen LogP contribution >= 0.6 is 0 Å². The number of carbonyl (C=O) groups is 1. The van der Waals surface area contributed by atoms with Gasteiger partial charge < -0.3 is 10.1 Å². The Morgan fingerprint density at radius 1 is 1.15 bits per heavy atom. The fourth-order valence-corrected chi connectivity index (χ4v) is 2.51. The summed E-state index contributed by atoms with van der Waals surface area (Å²) in [5.74, 6) is 0.430. The molecule has 0 unspecified atom stereocenters. The number of anilines is 2. The summed E-state index contributed by atoms with van der Waals surface area (Å²) in [5, 5.41) is 14.2. The van der Waals surface area contributed by atoms with Gasteiger partial charge in [-0.05, 0) is 23.3 Å². The molecule has 0 aliphatic heterocycles. The third-order valence-corrected chi connectivity index (χ3v) is 3.82. The molecule has 0 saturated heterocycles. The van der Waals surface area contributed by atoms with Crippen LogP contribution in [0.25, 0.3) is 11.1 Å². The number of nitro groups is 1. The van der Waals surface area contributed by atoms with E-state index in [1.54, 1.807) is 24.3 Å². The number of aldehydes is 1. The highest BCUT2D eigenvalue weighted by atomic mass is 16.6. The van der Waals surface area contributed by atoms with Crippen LogP contribution in [-0.4, -0.2) is 23.3 Å². The fourth-order valence-electron chi connectivity index (χ4n) is 2.51. The summed E-state index contributed by atoms with van der Waals surface area (Å²) in [6.07, 6.45) is 2.22. The zero-order chi connectivity index (χ0) is 18.5. The number of hydrogen-bond acceptors (Lipinski definition) is 6. The van der Waals surface area contributed by atoms with Crippen LogP contribution < -0.4 is 10.1 Å². The minimum Gasteiger partial charge on any atom is -0.495 e. The molecule has 0 bridgehead atoms. The van der Waals surface area contributed by atoms with Crippen molar-refractivity contribution in [2.24, 2.45) is 0 Å². The molecular formula is C19H15N3O4. The average molecular weight is 349 g/mol. The maximum absolute atomic E-state index is 11.2. The smallest absolute Gasteiger partial charge is 0.315 e. The van der Waals surface area contributed by atoms with E-state index in [1.165, 1.54) is 19.4 Å². The molecule has 3 rings (SSSR count). The molecule has 2 aromatic carbocycles. The Morgan fingerprint density at radius 3 is 2.54 bits per heavy atom. The molecule has 0 saturated carbocycles. The van der Waals surface area contributed by atoms with E-state index >= 15 is 0 Å². The van der Waals surface area contributed by atoms with Crippen molar-refractivity contribution in [3.63, 3.8) is 0 Å². The van der Waals surface area contributed by atoms with E-state index in [9.17, 15) is 14.9 Å². The zero-order valence-corrected chi connectivity index (χ0v) is 13.9. The Labute approximate surface area is 149 Å². The largest absolute Gasteiger partial charge is 0.495 e. The molecule has 0 amide bonds. The maximum atomic E-state index is 11.2. The highest BCUT2D eigenvalue weighted by Gasteiger charge is 2.17. The Morgan fingerprint density at radius 2 is 1.88 bits per heavy atom. The average Bonchev–Trinajstić information content (AvgIpc) is 2.68. The fraction of sp³-hybridized carbons (Fsp3) is 0.0526. The zero-order valence-electron chi connectivity index (χ0n) is 13.9. The number of ether oxygens (including phenoxy) is 1. The molecule has 130 valence electrons. The lowest BCUT2D eigenvalue weighted by molar-refractivity contribution is -0.384. The number of nitrogens with zero attached hydrogens (tertiary/aromatic N) is 2. The SMILES string of the molecule is COc1cnc(Nc2ccc(-c3ccccc3C=O)cc2)c([N+](=O)[O-])c1. The lowest BCUT2D eigenvalue weighted by Crippen LogP contribution is -2.00. The molecule has 0 radical (unpaired) electrons. The van der Waals surface area contributed by atoms with Crippen molar-refractivity contribution < 1.29 is 14.5 Å². The predicted octanol–water partition coefficient (Wildman–Crippen LogP) is 4.22. The van der Waals surface area contributed by atoms with Crippen molar-refractivity contribution in [3.05, 3.63) is 76.5 Å². The van der Waals surface area contributed by atoms with Gasteiger partial charge in [-0.1, -0.05) is 36.4 Å². The molecule has 7 nitrogen and oxygen atoms in total. The van der Waals surface area contributed by atoms with Crippen molar-refractivity contribution >= 4 is 23.5 Å². The Hall–Kier alpha value is -3.74. The van der Waals surface area contributed by atoms with Crippen LogP contribution in [0.3, 0.4) is 0 Å². The summed E-state index contributed by atoms with van der Waals surface area (Å²) in [6.45, 7) is 0. The maximum Gasteiger partial charge on any atom is 0.315 e. The minimum absolute atomic E-state index is 0.122. The van der Waals surface area contributed by atoms with Gasteiger partial charge in [-0.15, -0.1) is 0 Å². The number of nitrogens with one attached hydrogen (secondary N) is 1. The third kappa shape index (κ3) is 3.51. The van der Waals surface area contributed by atoms with Crippen LogP contribution in [0.1, 0.15) is 10.4 Å². The van der Waals surface area contributed by atoms with Crippen LogP contribution in [0.5, 0.6) is 5.75 Å². The van der Waals surface area contributed by atoms with Gasteiger partial charge in [0.1, 0.15) is 5.75 Å². The third-order valence-electron chi connectivity index (χ3n) is 3.82. The highest BCUT2D eigenvalue weighted by Crippen LogP contribution is 2.30. The first kappa shape index (κ1) is 17.1. The Balaban J connectivity index is 1.89. The van der Waals surface area contributed by atoms with Crippen molar-refractivity contribution in [2.45, 2.75) is 0 Å². The van der Waals surface area contributed by atoms with Gasteiger partial charge >= 0.3 is 5.69 Å². The minimum atomic E-state index is -0.521. The first-order chi connectivity index (χ1) is 12.6. The van der Waals surface area contributed by atoms with E-state index in [0.29, 0.717) is 17.0 Å². The first-order valence-electron chi connectivity index (χ1n) is 7.72. The molecule has 1 N–H and O–H groups in total. The number of aromatic nitrogens is 1. The summed E-state index contributed by atoms with van der Waals surface area (Å²) in [4.78, 5) is 25.9. The van der Waals surface area contributed by atoms with E-state index in [-0.39, 0.29) is 11.5 Å². The van der Waals surface area contributed by atoms with Crippen molar-refractivity contribution in [1.29, 1.82) is 0 Å². The monoisotopic (exact) mass is 349 g/mol. The number of carbonyl (C=O) groups excluding carboxylic acids is 1. The second kappa shape index (κ2) is 7.43. The van der Waals surface area contributed by atoms with Gasteiger partial charge in [0.25, 0.3) is 0 Å². The highest BCUT2D eigenvalue weighted by molar-refractivity contribution is 5.87. The molecule has 3 aromatic rings. The van der Waals surface area contributed by atoms with E-state index in [0.717, 1.165) is 17.4 Å². The van der Waals surface area contributed by atoms with Crippen molar-refractivity contribution in [2.75, 3.05) is 12.4 Å². The molecular weight excluding hydrogens is 334 g/mol. The summed E-state index contributed by atoms with van der Waals surface area (Å²) in [7, 11) is 1.42. The molecule has 26 heavy (non-hydrogen) atoms. The van der Waals surface area contributed by atoms with E-state index < -0.39 is 4.92 Å². The second-order valence-electron chi connectivity index (χ2n) is 5.41. The lowest BCUT2D eigenvalue weighted by atomic mass is 10.0. The van der Waals surface area contributed by atoms with E-state index in [4.69, 9.17) is 4.74 Å². The normalized spacial score (nSPS) is 10.2. The van der Waals surface area contributed by atoms with Gasteiger partial charge in [-0.2, -0.15) is 0 Å². The summed E-state index contributed by atoms with van der Waals surface area (Å²) in [6, 6.07) is 15.8. The molecule has 0 atom stereocenters.